The molecular weight excluding hydrogens is 308 g/mol. The minimum atomic E-state index is -2.34. The van der Waals surface area contributed by atoms with Gasteiger partial charge in [0.25, 0.3) is 8.32 Å². The molecule has 3 rings (SSSR count). The van der Waals surface area contributed by atoms with Gasteiger partial charge in [0.15, 0.2) is 0 Å². The zero-order valence-electron chi connectivity index (χ0n) is 15.2. The number of hydrogen-bond acceptors (Lipinski definition) is 1. The first-order chi connectivity index (χ1) is 11.5. The van der Waals surface area contributed by atoms with Crippen molar-refractivity contribution in [3.8, 4) is 0 Å². The molecule has 1 radical (unpaired) electrons. The van der Waals surface area contributed by atoms with Crippen molar-refractivity contribution in [1.29, 1.82) is 0 Å². The predicted molar refractivity (Wildman–Crippen MR) is 105 cm³/mol. The Morgan fingerprint density at radius 1 is 0.792 bits per heavy atom. The van der Waals surface area contributed by atoms with Crippen LogP contribution in [0, 0.1) is 5.92 Å². The topological polar surface area (TPSA) is 9.23 Å². The lowest BCUT2D eigenvalue weighted by Crippen LogP contribution is -2.66. The second kappa shape index (κ2) is 7.24. The lowest BCUT2D eigenvalue weighted by Gasteiger charge is -2.43. The molecule has 0 aliphatic heterocycles. The lowest BCUT2D eigenvalue weighted by atomic mass is 10.1. The standard InChI is InChI=1S/C22H29OSi/c1-22(2,3)24(20-14-6-4-7-15-20,21-16-8-5-9-17-21)23-18-19-12-10-11-13-19/h4-9,14-17H,10-13,18H2,1-3H3. The van der Waals surface area contributed by atoms with E-state index in [0.29, 0.717) is 0 Å². The summed E-state index contributed by atoms with van der Waals surface area (Å²) in [6, 6.07) is 21.9. The van der Waals surface area contributed by atoms with Crippen molar-refractivity contribution in [3.63, 3.8) is 0 Å². The summed E-state index contributed by atoms with van der Waals surface area (Å²) in [5, 5.41) is 2.83. The first-order valence-electron chi connectivity index (χ1n) is 9.12. The fourth-order valence-corrected chi connectivity index (χ4v) is 8.57. The van der Waals surface area contributed by atoms with Gasteiger partial charge in [-0.3, -0.25) is 0 Å². The van der Waals surface area contributed by atoms with Crippen molar-refractivity contribution in [3.05, 3.63) is 66.6 Å². The maximum absolute atomic E-state index is 6.95. The molecule has 0 heterocycles. The van der Waals surface area contributed by atoms with E-state index in [1.807, 2.05) is 0 Å². The van der Waals surface area contributed by atoms with Crippen LogP contribution in [-0.4, -0.2) is 14.9 Å². The smallest absolute Gasteiger partial charge is 0.261 e. The summed E-state index contributed by atoms with van der Waals surface area (Å²) in [4.78, 5) is 0. The van der Waals surface area contributed by atoms with Gasteiger partial charge >= 0.3 is 0 Å². The minimum absolute atomic E-state index is 0.0782. The van der Waals surface area contributed by atoms with E-state index < -0.39 is 8.32 Å². The molecule has 0 aromatic heterocycles. The van der Waals surface area contributed by atoms with E-state index in [4.69, 9.17) is 4.43 Å². The summed E-state index contributed by atoms with van der Waals surface area (Å²) < 4.78 is 6.95. The fourth-order valence-electron chi connectivity index (χ4n) is 3.99. The fraction of sp³-hybridized carbons (Fsp3) is 0.409. The van der Waals surface area contributed by atoms with Crippen LogP contribution in [0.15, 0.2) is 60.7 Å². The van der Waals surface area contributed by atoms with Gasteiger partial charge in [-0.2, -0.15) is 0 Å². The largest absolute Gasteiger partial charge is 0.407 e. The normalized spacial score (nSPS) is 16.5. The van der Waals surface area contributed by atoms with E-state index in [0.717, 1.165) is 6.61 Å². The highest BCUT2D eigenvalue weighted by Gasteiger charge is 2.50. The third-order valence-corrected chi connectivity index (χ3v) is 10.2. The molecule has 1 fully saturated rings. The Bertz CT molecular complexity index is 585. The van der Waals surface area contributed by atoms with Gasteiger partial charge in [-0.15, -0.1) is 0 Å². The van der Waals surface area contributed by atoms with Crippen LogP contribution >= 0.6 is 0 Å². The van der Waals surface area contributed by atoms with Crippen LogP contribution < -0.4 is 10.4 Å². The molecule has 0 bridgehead atoms. The minimum Gasteiger partial charge on any atom is -0.407 e. The van der Waals surface area contributed by atoms with Crippen LogP contribution in [0.1, 0.15) is 46.5 Å². The summed E-state index contributed by atoms with van der Waals surface area (Å²) >= 11 is 0. The SMILES string of the molecule is CC(C)(C)[Si](OC[C]1CCCC1)(c1ccccc1)c1ccccc1. The van der Waals surface area contributed by atoms with Crippen LogP contribution in [0.3, 0.4) is 0 Å². The molecule has 0 unspecified atom stereocenters. The Labute approximate surface area is 148 Å². The molecule has 1 aliphatic carbocycles. The molecule has 0 N–H and O–H groups in total. The van der Waals surface area contributed by atoms with Gasteiger partial charge in [0.1, 0.15) is 0 Å². The highest BCUT2D eigenvalue weighted by Crippen LogP contribution is 2.38. The molecule has 127 valence electrons. The molecule has 1 nitrogen and oxygen atoms in total. The first-order valence-corrected chi connectivity index (χ1v) is 11.0. The summed E-state index contributed by atoms with van der Waals surface area (Å²) in [5.74, 6) is 1.60. The Morgan fingerprint density at radius 2 is 1.25 bits per heavy atom. The molecule has 1 aliphatic rings. The van der Waals surface area contributed by atoms with Crippen LogP contribution in [0.25, 0.3) is 0 Å². The summed E-state index contributed by atoms with van der Waals surface area (Å²) in [6.07, 6.45) is 5.16. The average molecular weight is 338 g/mol. The van der Waals surface area contributed by atoms with E-state index in [-0.39, 0.29) is 5.04 Å². The Balaban J connectivity index is 2.06. The van der Waals surface area contributed by atoms with Gasteiger partial charge in [0.2, 0.25) is 0 Å². The Hall–Kier alpha value is -1.38. The predicted octanol–water partition coefficient (Wildman–Crippen LogP) is 4.71. The number of rotatable bonds is 5. The number of benzene rings is 2. The van der Waals surface area contributed by atoms with Gasteiger partial charge in [0, 0.05) is 12.5 Å². The van der Waals surface area contributed by atoms with Crippen molar-refractivity contribution in [1.82, 2.24) is 0 Å². The highest BCUT2D eigenvalue weighted by atomic mass is 28.4. The van der Waals surface area contributed by atoms with Crippen LogP contribution in [0.2, 0.25) is 5.04 Å². The van der Waals surface area contributed by atoms with E-state index in [9.17, 15) is 0 Å². The quantitative estimate of drug-likeness (QED) is 0.718. The molecule has 0 saturated heterocycles. The van der Waals surface area contributed by atoms with Gasteiger partial charge in [0.05, 0.1) is 0 Å². The summed E-state index contributed by atoms with van der Waals surface area (Å²) in [5.41, 5.74) is 0. The molecule has 1 saturated carbocycles. The van der Waals surface area contributed by atoms with Gasteiger partial charge in [-0.1, -0.05) is 94.3 Å². The van der Waals surface area contributed by atoms with Crippen molar-refractivity contribution >= 4 is 18.7 Å². The number of hydrogen-bond donors (Lipinski definition) is 0. The maximum Gasteiger partial charge on any atom is 0.261 e. The van der Waals surface area contributed by atoms with E-state index in [2.05, 4.69) is 81.4 Å². The molecule has 0 atom stereocenters. The third-order valence-electron chi connectivity index (χ3n) is 5.22. The Morgan fingerprint density at radius 3 is 1.67 bits per heavy atom. The van der Waals surface area contributed by atoms with Crippen molar-refractivity contribution in [2.75, 3.05) is 6.61 Å². The third kappa shape index (κ3) is 3.36. The maximum atomic E-state index is 6.95. The molecule has 2 aromatic rings. The lowest BCUT2D eigenvalue weighted by molar-refractivity contribution is 0.305. The molecule has 2 aromatic carbocycles. The van der Waals surface area contributed by atoms with Crippen LogP contribution in [0.5, 0.6) is 0 Å². The molecule has 0 amide bonds. The Kier molecular flexibility index (Phi) is 5.26. The van der Waals surface area contributed by atoms with E-state index >= 15 is 0 Å². The summed E-state index contributed by atoms with van der Waals surface area (Å²) in [7, 11) is -2.34. The van der Waals surface area contributed by atoms with Crippen molar-refractivity contribution in [2.24, 2.45) is 0 Å². The highest BCUT2D eigenvalue weighted by molar-refractivity contribution is 6.99. The average Bonchev–Trinajstić information content (AvgIpc) is 3.10. The summed E-state index contributed by atoms with van der Waals surface area (Å²) in [6.45, 7) is 7.86. The van der Waals surface area contributed by atoms with Crippen LogP contribution in [-0.2, 0) is 4.43 Å². The first kappa shape index (κ1) is 17.4. The second-order valence-electron chi connectivity index (χ2n) is 7.91. The second-order valence-corrected chi connectivity index (χ2v) is 12.2. The molecular formula is C22H29OSi. The van der Waals surface area contributed by atoms with Gasteiger partial charge < -0.3 is 4.43 Å². The zero-order chi connectivity index (χ0) is 17.0. The van der Waals surface area contributed by atoms with Crippen LogP contribution in [0.4, 0.5) is 0 Å². The molecule has 24 heavy (non-hydrogen) atoms. The molecule has 2 heteroatoms. The monoisotopic (exact) mass is 337 g/mol. The van der Waals surface area contributed by atoms with E-state index in [1.165, 1.54) is 36.1 Å². The van der Waals surface area contributed by atoms with Crippen molar-refractivity contribution < 1.29 is 4.43 Å². The van der Waals surface area contributed by atoms with Crippen molar-refractivity contribution in [2.45, 2.75) is 51.5 Å². The van der Waals surface area contributed by atoms with E-state index in [1.54, 1.807) is 5.92 Å². The zero-order valence-corrected chi connectivity index (χ0v) is 16.2. The van der Waals surface area contributed by atoms with Gasteiger partial charge in [-0.05, 0) is 28.3 Å². The van der Waals surface area contributed by atoms with Gasteiger partial charge in [-0.25, -0.2) is 0 Å². The molecule has 0 spiro atoms.